The molecule has 0 saturated heterocycles. The molecular weight excluding hydrogens is 258 g/mol. The van der Waals surface area contributed by atoms with E-state index in [-0.39, 0.29) is 12.5 Å². The molecule has 1 aromatic rings. The number of nitrogens with zero attached hydrogens (tertiary/aromatic N) is 1. The van der Waals surface area contributed by atoms with Crippen LogP contribution in [0.2, 0.25) is 0 Å². The minimum Gasteiger partial charge on any atom is -0.479 e. The van der Waals surface area contributed by atoms with Crippen molar-refractivity contribution in [1.82, 2.24) is 4.90 Å². The number of carbonyl (C=O) groups excluding carboxylic acids is 1. The fraction of sp³-hybridized carbons (Fsp3) is 0.333. The summed E-state index contributed by atoms with van der Waals surface area (Å²) in [6, 6.07) is 8.92. The quantitative estimate of drug-likeness (QED) is 0.858. The normalized spacial score (nSPS) is 24.7. The van der Waals surface area contributed by atoms with E-state index in [1.807, 2.05) is 30.3 Å². The fourth-order valence-electron chi connectivity index (χ4n) is 2.56. The number of aliphatic carboxylic acids is 1. The van der Waals surface area contributed by atoms with Gasteiger partial charge in [-0.25, -0.2) is 9.59 Å². The molecule has 5 heteroatoms. The highest BCUT2D eigenvalue weighted by Gasteiger charge is 2.50. The van der Waals surface area contributed by atoms with Crippen LogP contribution in [0.25, 0.3) is 0 Å². The average molecular weight is 275 g/mol. The van der Waals surface area contributed by atoms with Crippen molar-refractivity contribution in [1.29, 1.82) is 0 Å². The van der Waals surface area contributed by atoms with Crippen molar-refractivity contribution < 1.29 is 19.4 Å². The third kappa shape index (κ3) is 2.27. The van der Waals surface area contributed by atoms with Gasteiger partial charge in [0.05, 0.1) is 13.2 Å². The minimum absolute atomic E-state index is 0.207. The van der Waals surface area contributed by atoms with Crippen LogP contribution in [0.15, 0.2) is 42.5 Å². The molecule has 0 aliphatic carbocycles. The number of benzene rings is 1. The topological polar surface area (TPSA) is 66.8 Å². The van der Waals surface area contributed by atoms with Crippen LogP contribution in [0.3, 0.4) is 0 Å². The first-order valence-electron chi connectivity index (χ1n) is 6.35. The van der Waals surface area contributed by atoms with Crippen molar-refractivity contribution in [3.05, 3.63) is 48.0 Å². The van der Waals surface area contributed by atoms with Gasteiger partial charge in [-0.3, -0.25) is 4.90 Å². The third-order valence-electron chi connectivity index (χ3n) is 3.55. The highest BCUT2D eigenvalue weighted by Crippen LogP contribution is 2.32. The maximum atomic E-state index is 11.9. The number of hydrogen-bond donors (Lipinski definition) is 1. The Morgan fingerprint density at radius 3 is 2.55 bits per heavy atom. The van der Waals surface area contributed by atoms with Crippen LogP contribution < -0.4 is 0 Å². The number of carboxylic acid groups (broad SMARTS) is 1. The standard InChI is InChI=1S/C15H17NO4/c1-11-8-9-15(13(17)18,16(11)14(19)20-2)10-12-6-4-3-5-7-12/h3-9,11H,10H2,1-2H3,(H,17,18)/t11?,15-/m0/s1. The van der Waals surface area contributed by atoms with E-state index in [4.69, 9.17) is 4.74 Å². The third-order valence-corrected chi connectivity index (χ3v) is 3.55. The van der Waals surface area contributed by atoms with E-state index < -0.39 is 17.6 Å². The monoisotopic (exact) mass is 275 g/mol. The van der Waals surface area contributed by atoms with Crippen molar-refractivity contribution in [2.45, 2.75) is 24.9 Å². The van der Waals surface area contributed by atoms with Crippen molar-refractivity contribution in [2.75, 3.05) is 7.11 Å². The summed E-state index contributed by atoms with van der Waals surface area (Å²) in [6.45, 7) is 1.77. The van der Waals surface area contributed by atoms with Crippen LogP contribution >= 0.6 is 0 Å². The maximum Gasteiger partial charge on any atom is 0.411 e. The van der Waals surface area contributed by atoms with Gasteiger partial charge in [0.1, 0.15) is 0 Å². The second-order valence-corrected chi connectivity index (χ2v) is 4.83. The summed E-state index contributed by atoms with van der Waals surface area (Å²) < 4.78 is 4.73. The predicted molar refractivity (Wildman–Crippen MR) is 73.4 cm³/mol. The molecule has 5 nitrogen and oxygen atoms in total. The zero-order valence-corrected chi connectivity index (χ0v) is 11.4. The second kappa shape index (κ2) is 5.36. The zero-order valence-electron chi connectivity index (χ0n) is 11.4. The molecule has 1 aromatic carbocycles. The number of hydrogen-bond acceptors (Lipinski definition) is 3. The summed E-state index contributed by atoms with van der Waals surface area (Å²) in [6.07, 6.45) is 2.86. The van der Waals surface area contributed by atoms with Gasteiger partial charge in [0.15, 0.2) is 5.54 Å². The molecule has 20 heavy (non-hydrogen) atoms. The molecule has 2 atom stereocenters. The van der Waals surface area contributed by atoms with Gasteiger partial charge in [-0.1, -0.05) is 36.4 Å². The molecule has 0 aromatic heterocycles. The number of carboxylic acids is 1. The average Bonchev–Trinajstić information content (AvgIpc) is 2.77. The molecule has 1 heterocycles. The minimum atomic E-state index is -1.39. The lowest BCUT2D eigenvalue weighted by Gasteiger charge is -2.35. The van der Waals surface area contributed by atoms with Gasteiger partial charge in [0, 0.05) is 6.42 Å². The Balaban J connectivity index is 2.41. The summed E-state index contributed by atoms with van der Waals surface area (Å²) >= 11 is 0. The number of amides is 1. The molecule has 0 saturated carbocycles. The lowest BCUT2D eigenvalue weighted by atomic mass is 9.90. The number of carbonyl (C=O) groups is 2. The zero-order chi connectivity index (χ0) is 14.8. The number of methoxy groups -OCH3 is 1. The molecule has 0 bridgehead atoms. The highest BCUT2D eigenvalue weighted by atomic mass is 16.5. The largest absolute Gasteiger partial charge is 0.479 e. The molecule has 1 aliphatic rings. The lowest BCUT2D eigenvalue weighted by molar-refractivity contribution is -0.147. The Hall–Kier alpha value is -2.30. The first-order valence-corrected chi connectivity index (χ1v) is 6.35. The van der Waals surface area contributed by atoms with E-state index in [9.17, 15) is 14.7 Å². The van der Waals surface area contributed by atoms with Crippen LogP contribution in [0.1, 0.15) is 12.5 Å². The summed E-state index contributed by atoms with van der Waals surface area (Å²) in [5, 5.41) is 9.66. The van der Waals surface area contributed by atoms with Gasteiger partial charge in [-0.15, -0.1) is 0 Å². The van der Waals surface area contributed by atoms with Gasteiger partial charge < -0.3 is 9.84 Å². The Labute approximate surface area is 117 Å². The summed E-state index contributed by atoms with van der Waals surface area (Å²) in [5.41, 5.74) is -0.545. The SMILES string of the molecule is COC(=O)N1C(C)C=C[C@]1(Cc1ccccc1)C(=O)O. The predicted octanol–water partition coefficient (Wildman–Crippen LogP) is 2.08. The van der Waals surface area contributed by atoms with E-state index in [1.54, 1.807) is 19.1 Å². The first-order chi connectivity index (χ1) is 9.51. The van der Waals surface area contributed by atoms with Gasteiger partial charge in [0.25, 0.3) is 0 Å². The first kappa shape index (κ1) is 14.1. The van der Waals surface area contributed by atoms with Crippen molar-refractivity contribution in [3.8, 4) is 0 Å². The Morgan fingerprint density at radius 2 is 2.00 bits per heavy atom. The van der Waals surface area contributed by atoms with E-state index in [0.29, 0.717) is 0 Å². The van der Waals surface area contributed by atoms with Gasteiger partial charge in [0.2, 0.25) is 0 Å². The van der Waals surface area contributed by atoms with Crippen LogP contribution in [-0.4, -0.2) is 40.8 Å². The second-order valence-electron chi connectivity index (χ2n) is 4.83. The Morgan fingerprint density at radius 1 is 1.35 bits per heavy atom. The highest BCUT2D eigenvalue weighted by molar-refractivity contribution is 5.88. The molecule has 1 unspecified atom stereocenters. The Kier molecular flexibility index (Phi) is 3.79. The molecular formula is C15H17NO4. The summed E-state index contributed by atoms with van der Waals surface area (Å²) in [7, 11) is 1.25. The molecule has 106 valence electrons. The fourth-order valence-corrected chi connectivity index (χ4v) is 2.56. The lowest BCUT2D eigenvalue weighted by Crippen LogP contribution is -2.57. The summed E-state index contributed by atoms with van der Waals surface area (Å²) in [5.74, 6) is -1.06. The van der Waals surface area contributed by atoms with E-state index in [1.165, 1.54) is 12.0 Å². The van der Waals surface area contributed by atoms with Crippen molar-refractivity contribution in [2.24, 2.45) is 0 Å². The van der Waals surface area contributed by atoms with Crippen molar-refractivity contribution >= 4 is 12.1 Å². The van der Waals surface area contributed by atoms with Gasteiger partial charge >= 0.3 is 12.1 Å². The Bertz CT molecular complexity index is 540. The van der Waals surface area contributed by atoms with E-state index in [0.717, 1.165) is 5.56 Å². The molecule has 1 amide bonds. The summed E-state index contributed by atoms with van der Waals surface area (Å²) in [4.78, 5) is 25.0. The molecule has 2 rings (SSSR count). The van der Waals surface area contributed by atoms with Crippen LogP contribution in [-0.2, 0) is 16.0 Å². The van der Waals surface area contributed by atoms with Crippen molar-refractivity contribution in [3.63, 3.8) is 0 Å². The molecule has 0 fully saturated rings. The molecule has 1 aliphatic heterocycles. The molecule has 0 radical (unpaired) electrons. The number of rotatable bonds is 3. The van der Waals surface area contributed by atoms with Crippen LogP contribution in [0.4, 0.5) is 4.79 Å². The number of ether oxygens (including phenoxy) is 1. The molecule has 0 spiro atoms. The maximum absolute atomic E-state index is 11.9. The van der Waals surface area contributed by atoms with Crippen LogP contribution in [0, 0.1) is 0 Å². The van der Waals surface area contributed by atoms with Gasteiger partial charge in [-0.2, -0.15) is 0 Å². The van der Waals surface area contributed by atoms with E-state index in [2.05, 4.69) is 0 Å². The smallest absolute Gasteiger partial charge is 0.411 e. The van der Waals surface area contributed by atoms with E-state index >= 15 is 0 Å². The van der Waals surface area contributed by atoms with Crippen LogP contribution in [0.5, 0.6) is 0 Å². The molecule has 1 N–H and O–H groups in total. The van der Waals surface area contributed by atoms with Gasteiger partial charge in [-0.05, 0) is 18.6 Å².